The monoisotopic (exact) mass is 435 g/mol. The number of rotatable bonds is 8. The van der Waals surface area contributed by atoms with Crippen molar-refractivity contribution in [3.63, 3.8) is 0 Å². The van der Waals surface area contributed by atoms with Crippen molar-refractivity contribution in [2.45, 2.75) is 46.3 Å². The Hall–Kier alpha value is -1.97. The summed E-state index contributed by atoms with van der Waals surface area (Å²) in [6.45, 7) is 13.1. The van der Waals surface area contributed by atoms with Gasteiger partial charge in [-0.1, -0.05) is 0 Å². The predicted octanol–water partition coefficient (Wildman–Crippen LogP) is 0.894. The molecule has 0 aliphatic carbocycles. The van der Waals surface area contributed by atoms with Crippen molar-refractivity contribution in [1.29, 1.82) is 0 Å². The average molecular weight is 436 g/mol. The first kappa shape index (κ1) is 23.7. The van der Waals surface area contributed by atoms with Crippen LogP contribution in [0.1, 0.15) is 50.0 Å². The molecule has 1 aromatic heterocycles. The number of aliphatic hydroxyl groups is 1. The lowest BCUT2D eigenvalue weighted by Gasteiger charge is -2.34. The van der Waals surface area contributed by atoms with Crippen molar-refractivity contribution in [2.75, 3.05) is 58.9 Å². The molecule has 2 aliphatic heterocycles. The van der Waals surface area contributed by atoms with Gasteiger partial charge in [0.25, 0.3) is 5.91 Å². The molecular formula is C22H37N5O4. The van der Waals surface area contributed by atoms with Crippen molar-refractivity contribution < 1.29 is 19.1 Å². The molecule has 1 aromatic rings. The minimum atomic E-state index is -0.316. The summed E-state index contributed by atoms with van der Waals surface area (Å²) in [5.41, 5.74) is 0.318. The highest BCUT2D eigenvalue weighted by atomic mass is 16.3. The van der Waals surface area contributed by atoms with Crippen LogP contribution >= 0.6 is 0 Å². The van der Waals surface area contributed by atoms with Gasteiger partial charge in [0.05, 0.1) is 18.6 Å². The molecule has 2 unspecified atom stereocenters. The van der Waals surface area contributed by atoms with E-state index in [4.69, 9.17) is 4.42 Å². The summed E-state index contributed by atoms with van der Waals surface area (Å²) in [5, 5.41) is 9.53. The molecule has 9 heteroatoms. The molecule has 31 heavy (non-hydrogen) atoms. The van der Waals surface area contributed by atoms with Crippen LogP contribution in [-0.2, 0) is 11.3 Å². The number of carbonyl (C=O) groups is 2. The fourth-order valence-corrected chi connectivity index (χ4v) is 4.50. The standard InChI is InChI=1S/C22H37N5O4/c1-4-26(5-2)21(29)18-7-6-8-27(14-18)22(30)19-16-31-20(23-19)15-25-11-9-24(10-12-25)13-17(3)28/h16-18,28H,4-15H2,1-3H3. The lowest BCUT2D eigenvalue weighted by molar-refractivity contribution is -0.136. The predicted molar refractivity (Wildman–Crippen MR) is 116 cm³/mol. The Morgan fingerprint density at radius 1 is 1.19 bits per heavy atom. The second-order valence-electron chi connectivity index (χ2n) is 8.65. The average Bonchev–Trinajstić information content (AvgIpc) is 3.23. The quantitative estimate of drug-likeness (QED) is 0.648. The van der Waals surface area contributed by atoms with E-state index >= 15 is 0 Å². The molecule has 1 N–H and O–H groups in total. The van der Waals surface area contributed by atoms with Crippen LogP contribution in [0.4, 0.5) is 0 Å². The largest absolute Gasteiger partial charge is 0.447 e. The number of aromatic nitrogens is 1. The van der Waals surface area contributed by atoms with Gasteiger partial charge in [0.1, 0.15) is 6.26 Å². The molecular weight excluding hydrogens is 398 g/mol. The van der Waals surface area contributed by atoms with Crippen LogP contribution in [0.25, 0.3) is 0 Å². The molecule has 0 saturated carbocycles. The van der Waals surface area contributed by atoms with Gasteiger partial charge < -0.3 is 19.3 Å². The van der Waals surface area contributed by atoms with E-state index in [0.29, 0.717) is 50.9 Å². The molecule has 2 amide bonds. The molecule has 2 fully saturated rings. The second-order valence-corrected chi connectivity index (χ2v) is 8.65. The summed E-state index contributed by atoms with van der Waals surface area (Å²) >= 11 is 0. The first-order valence-corrected chi connectivity index (χ1v) is 11.6. The van der Waals surface area contributed by atoms with E-state index in [1.165, 1.54) is 6.26 Å². The molecule has 0 radical (unpaired) electrons. The normalized spacial score (nSPS) is 21.8. The summed E-state index contributed by atoms with van der Waals surface area (Å²) < 4.78 is 5.59. The Bertz CT molecular complexity index is 725. The molecule has 2 saturated heterocycles. The van der Waals surface area contributed by atoms with Crippen molar-refractivity contribution in [3.05, 3.63) is 17.8 Å². The Kier molecular flexibility index (Phi) is 8.45. The number of hydrogen-bond donors (Lipinski definition) is 1. The lowest BCUT2D eigenvalue weighted by atomic mass is 9.96. The van der Waals surface area contributed by atoms with Crippen molar-refractivity contribution in [3.8, 4) is 0 Å². The van der Waals surface area contributed by atoms with Crippen molar-refractivity contribution in [2.24, 2.45) is 5.92 Å². The third-order valence-corrected chi connectivity index (χ3v) is 6.25. The maximum atomic E-state index is 13.0. The van der Waals surface area contributed by atoms with Crippen LogP contribution in [0.5, 0.6) is 0 Å². The SMILES string of the molecule is CCN(CC)C(=O)C1CCCN(C(=O)c2coc(CN3CCN(CC(C)O)CC3)n2)C1. The number of piperazine rings is 1. The van der Waals surface area contributed by atoms with Crippen LogP contribution in [0.2, 0.25) is 0 Å². The maximum Gasteiger partial charge on any atom is 0.275 e. The minimum Gasteiger partial charge on any atom is -0.447 e. The van der Waals surface area contributed by atoms with Crippen molar-refractivity contribution in [1.82, 2.24) is 24.6 Å². The van der Waals surface area contributed by atoms with Crippen LogP contribution < -0.4 is 0 Å². The molecule has 0 aromatic carbocycles. The molecule has 0 spiro atoms. The van der Waals surface area contributed by atoms with Gasteiger partial charge in [-0.25, -0.2) is 4.98 Å². The molecule has 3 heterocycles. The topological polar surface area (TPSA) is 93.4 Å². The summed E-state index contributed by atoms with van der Waals surface area (Å²) in [7, 11) is 0. The van der Waals surface area contributed by atoms with E-state index in [-0.39, 0.29) is 23.8 Å². The lowest BCUT2D eigenvalue weighted by Crippen LogP contribution is -2.47. The van der Waals surface area contributed by atoms with E-state index in [0.717, 1.165) is 39.0 Å². The Morgan fingerprint density at radius 3 is 2.52 bits per heavy atom. The van der Waals surface area contributed by atoms with E-state index in [2.05, 4.69) is 14.8 Å². The zero-order chi connectivity index (χ0) is 22.4. The number of piperidine rings is 1. The maximum absolute atomic E-state index is 13.0. The number of amides is 2. The first-order valence-electron chi connectivity index (χ1n) is 11.6. The van der Waals surface area contributed by atoms with Gasteiger partial charge in [-0.15, -0.1) is 0 Å². The Labute approximate surface area is 185 Å². The smallest absolute Gasteiger partial charge is 0.275 e. The van der Waals surface area contributed by atoms with Crippen LogP contribution in [0.3, 0.4) is 0 Å². The molecule has 2 aliphatic rings. The Balaban J connectivity index is 1.52. The highest BCUT2D eigenvalue weighted by molar-refractivity contribution is 5.92. The van der Waals surface area contributed by atoms with E-state index < -0.39 is 0 Å². The molecule has 0 bridgehead atoms. The van der Waals surface area contributed by atoms with Gasteiger partial charge in [-0.2, -0.15) is 0 Å². The number of aliphatic hydroxyl groups excluding tert-OH is 1. The third-order valence-electron chi connectivity index (χ3n) is 6.25. The molecule has 9 nitrogen and oxygen atoms in total. The number of oxazole rings is 1. The summed E-state index contributed by atoms with van der Waals surface area (Å²) in [6.07, 6.45) is 2.77. The number of carbonyl (C=O) groups excluding carboxylic acids is 2. The van der Waals surface area contributed by atoms with Gasteiger partial charge in [0, 0.05) is 58.9 Å². The van der Waals surface area contributed by atoms with Gasteiger partial charge >= 0.3 is 0 Å². The van der Waals surface area contributed by atoms with Crippen LogP contribution in [-0.4, -0.2) is 107 Å². The van der Waals surface area contributed by atoms with E-state index in [1.54, 1.807) is 4.90 Å². The Morgan fingerprint density at radius 2 is 1.87 bits per heavy atom. The summed E-state index contributed by atoms with van der Waals surface area (Å²) in [5.74, 6) is 0.383. The summed E-state index contributed by atoms with van der Waals surface area (Å²) in [4.78, 5) is 38.2. The van der Waals surface area contributed by atoms with Crippen LogP contribution in [0, 0.1) is 5.92 Å². The van der Waals surface area contributed by atoms with Crippen LogP contribution in [0.15, 0.2) is 10.7 Å². The van der Waals surface area contributed by atoms with Gasteiger partial charge in [0.2, 0.25) is 11.8 Å². The number of β-amino-alcohol motifs (C(OH)–C–C–N with tert-alkyl or cyclic N) is 1. The third kappa shape index (κ3) is 6.27. The fraction of sp³-hybridized carbons (Fsp3) is 0.773. The zero-order valence-corrected chi connectivity index (χ0v) is 19.1. The first-order chi connectivity index (χ1) is 14.9. The van der Waals surface area contributed by atoms with E-state index in [1.807, 2.05) is 25.7 Å². The number of likely N-dealkylation sites (tertiary alicyclic amines) is 1. The number of hydrogen-bond acceptors (Lipinski definition) is 7. The van der Waals surface area contributed by atoms with Gasteiger partial charge in [-0.05, 0) is 33.6 Å². The van der Waals surface area contributed by atoms with Gasteiger partial charge in [0.15, 0.2) is 5.69 Å². The highest BCUT2D eigenvalue weighted by Crippen LogP contribution is 2.21. The minimum absolute atomic E-state index is 0.137. The fourth-order valence-electron chi connectivity index (χ4n) is 4.50. The summed E-state index contributed by atoms with van der Waals surface area (Å²) in [6, 6.07) is 0. The zero-order valence-electron chi connectivity index (χ0n) is 19.1. The molecule has 174 valence electrons. The van der Waals surface area contributed by atoms with E-state index in [9.17, 15) is 14.7 Å². The highest BCUT2D eigenvalue weighted by Gasteiger charge is 2.32. The van der Waals surface area contributed by atoms with Gasteiger partial charge in [-0.3, -0.25) is 19.4 Å². The second kappa shape index (κ2) is 11.1. The molecule has 3 rings (SSSR count). The molecule has 2 atom stereocenters. The number of nitrogens with zero attached hydrogens (tertiary/aromatic N) is 5. The van der Waals surface area contributed by atoms with Crippen molar-refractivity contribution >= 4 is 11.8 Å².